The lowest BCUT2D eigenvalue weighted by atomic mass is 9.87. The molecule has 0 saturated carbocycles. The Kier molecular flexibility index (Phi) is 18.1. The van der Waals surface area contributed by atoms with E-state index in [0.717, 1.165) is 38.5 Å². The molecule has 35 heavy (non-hydrogen) atoms. The summed E-state index contributed by atoms with van der Waals surface area (Å²) in [4.78, 5) is 13.1. The van der Waals surface area contributed by atoms with Crippen LogP contribution >= 0.6 is 0 Å². The molecule has 1 aromatic carbocycles. The average molecular weight is 509 g/mol. The Morgan fingerprint density at radius 3 is 1.43 bits per heavy atom. The van der Waals surface area contributed by atoms with E-state index in [-0.39, 0.29) is 22.2 Å². The molecule has 1 N–H and O–H groups in total. The smallest absolute Gasteiger partial charge is 0.294 e. The predicted molar refractivity (Wildman–Crippen MR) is 148 cm³/mol. The second-order valence-electron chi connectivity index (χ2n) is 10.3. The number of Topliss-reactive ketones (excluding diaryl/α,β-unsaturated/α-hetero) is 1. The van der Waals surface area contributed by atoms with Crippen LogP contribution in [0.25, 0.3) is 0 Å². The highest BCUT2D eigenvalue weighted by molar-refractivity contribution is 7.86. The van der Waals surface area contributed by atoms with Gasteiger partial charge in [0, 0.05) is 11.5 Å². The third-order valence-electron chi connectivity index (χ3n) is 7.11. The molecular weight excluding hydrogens is 456 g/mol. The summed E-state index contributed by atoms with van der Waals surface area (Å²) in [5, 5.41) is 0. The van der Waals surface area contributed by atoms with Crippen LogP contribution in [0.5, 0.6) is 0 Å². The van der Waals surface area contributed by atoms with Crippen LogP contribution in [0.2, 0.25) is 0 Å². The van der Waals surface area contributed by atoms with Gasteiger partial charge < -0.3 is 0 Å². The number of benzene rings is 1. The second kappa shape index (κ2) is 19.9. The zero-order valence-electron chi connectivity index (χ0n) is 22.6. The van der Waals surface area contributed by atoms with Gasteiger partial charge in [0.25, 0.3) is 10.1 Å². The van der Waals surface area contributed by atoms with E-state index in [4.69, 9.17) is 0 Å². The van der Waals surface area contributed by atoms with E-state index >= 15 is 0 Å². The predicted octanol–water partition coefficient (Wildman–Crippen LogP) is 9.57. The highest BCUT2D eigenvalue weighted by Gasteiger charge is 2.25. The SMILES string of the molecule is CCCCCCCCCCCCC(CCCCCCCCCC)C(=O)c1ccccc1S(=O)(=O)O. The van der Waals surface area contributed by atoms with Crippen molar-refractivity contribution < 1.29 is 17.8 Å². The Hall–Kier alpha value is -1.20. The summed E-state index contributed by atoms with van der Waals surface area (Å²) in [5.74, 6) is -0.302. The van der Waals surface area contributed by atoms with Gasteiger partial charge in [-0.25, -0.2) is 0 Å². The lowest BCUT2D eigenvalue weighted by Crippen LogP contribution is -2.18. The topological polar surface area (TPSA) is 71.4 Å². The number of hydrogen-bond acceptors (Lipinski definition) is 3. The maximum atomic E-state index is 13.4. The van der Waals surface area contributed by atoms with Crippen molar-refractivity contribution in [3.05, 3.63) is 29.8 Å². The Morgan fingerprint density at radius 1 is 0.657 bits per heavy atom. The summed E-state index contributed by atoms with van der Waals surface area (Å²) < 4.78 is 33.3. The molecule has 0 aliphatic carbocycles. The lowest BCUT2D eigenvalue weighted by Gasteiger charge is -2.17. The number of carbonyl (C=O) groups excluding carboxylic acids is 1. The maximum absolute atomic E-state index is 13.4. The fraction of sp³-hybridized carbons (Fsp3) is 0.767. The molecule has 0 aliphatic rings. The summed E-state index contributed by atoms with van der Waals surface area (Å²) in [7, 11) is -4.42. The average Bonchev–Trinajstić information content (AvgIpc) is 2.84. The van der Waals surface area contributed by atoms with Gasteiger partial charge in [-0.15, -0.1) is 0 Å². The summed E-state index contributed by atoms with van der Waals surface area (Å²) in [6, 6.07) is 6.10. The van der Waals surface area contributed by atoms with Crippen LogP contribution in [0.3, 0.4) is 0 Å². The Morgan fingerprint density at radius 2 is 1.03 bits per heavy atom. The molecular formula is C30H52O4S. The number of hydrogen-bond donors (Lipinski definition) is 1. The van der Waals surface area contributed by atoms with E-state index in [1.807, 2.05) is 0 Å². The highest BCUT2D eigenvalue weighted by Crippen LogP contribution is 2.26. The minimum Gasteiger partial charge on any atom is -0.294 e. The molecule has 0 aromatic heterocycles. The third-order valence-corrected chi connectivity index (χ3v) is 8.03. The van der Waals surface area contributed by atoms with Gasteiger partial charge in [0.15, 0.2) is 5.78 Å². The van der Waals surface area contributed by atoms with Crippen molar-refractivity contribution >= 4 is 15.9 Å². The Labute approximate surface area is 216 Å². The standard InChI is InChI=1S/C30H52O4S/c1-3-5-7-9-11-13-14-16-18-20-24-27(23-19-17-15-12-10-8-6-4-2)30(31)28-25-21-22-26-29(28)35(32,33)34/h21-22,25-27H,3-20,23-24H2,1-2H3,(H,32,33,34). The normalized spacial score (nSPS) is 12.7. The van der Waals surface area contributed by atoms with Crippen LogP contribution in [0.15, 0.2) is 29.2 Å². The van der Waals surface area contributed by atoms with Gasteiger partial charge in [0.05, 0.1) is 0 Å². The molecule has 0 radical (unpaired) electrons. The first-order valence-electron chi connectivity index (χ1n) is 14.5. The van der Waals surface area contributed by atoms with Crippen LogP contribution < -0.4 is 0 Å². The molecule has 202 valence electrons. The minimum absolute atomic E-state index is 0.128. The van der Waals surface area contributed by atoms with Crippen LogP contribution in [0.4, 0.5) is 0 Å². The quantitative estimate of drug-likeness (QED) is 0.0907. The first-order chi connectivity index (χ1) is 16.9. The summed E-state index contributed by atoms with van der Waals surface area (Å²) in [6.45, 7) is 4.47. The van der Waals surface area contributed by atoms with E-state index in [0.29, 0.717) is 0 Å². The largest absolute Gasteiger partial charge is 0.295 e. The molecule has 0 aliphatic heterocycles. The molecule has 1 aromatic rings. The first-order valence-corrected chi connectivity index (χ1v) is 16.0. The van der Waals surface area contributed by atoms with E-state index < -0.39 is 10.1 Å². The van der Waals surface area contributed by atoms with Crippen LogP contribution in [0.1, 0.15) is 153 Å². The van der Waals surface area contributed by atoms with Crippen molar-refractivity contribution in [1.82, 2.24) is 0 Å². The molecule has 0 heterocycles. The molecule has 1 unspecified atom stereocenters. The van der Waals surface area contributed by atoms with E-state index in [9.17, 15) is 17.8 Å². The Balaban J connectivity index is 2.55. The number of ketones is 1. The summed E-state index contributed by atoms with van der Waals surface area (Å²) >= 11 is 0. The van der Waals surface area contributed by atoms with Gasteiger partial charge in [-0.3, -0.25) is 9.35 Å². The van der Waals surface area contributed by atoms with Crippen LogP contribution in [0, 0.1) is 5.92 Å². The molecule has 0 saturated heterocycles. The van der Waals surface area contributed by atoms with Crippen molar-refractivity contribution in [2.24, 2.45) is 5.92 Å². The molecule has 0 spiro atoms. The van der Waals surface area contributed by atoms with E-state index in [1.54, 1.807) is 18.2 Å². The molecule has 0 amide bonds. The first kappa shape index (κ1) is 31.8. The molecule has 0 bridgehead atoms. The zero-order chi connectivity index (χ0) is 25.8. The van der Waals surface area contributed by atoms with Crippen LogP contribution in [-0.2, 0) is 10.1 Å². The summed E-state index contributed by atoms with van der Waals surface area (Å²) in [6.07, 6.45) is 23.8. The van der Waals surface area contributed by atoms with E-state index in [1.165, 1.54) is 96.0 Å². The van der Waals surface area contributed by atoms with Gasteiger partial charge >= 0.3 is 0 Å². The minimum atomic E-state index is -4.42. The van der Waals surface area contributed by atoms with Crippen LogP contribution in [-0.4, -0.2) is 18.8 Å². The number of unbranched alkanes of at least 4 members (excludes halogenated alkanes) is 16. The van der Waals surface area contributed by atoms with Gasteiger partial charge in [-0.2, -0.15) is 8.42 Å². The molecule has 5 heteroatoms. The molecule has 1 rings (SSSR count). The highest BCUT2D eigenvalue weighted by atomic mass is 32.2. The number of rotatable bonds is 23. The van der Waals surface area contributed by atoms with Gasteiger partial charge in [0.2, 0.25) is 0 Å². The monoisotopic (exact) mass is 508 g/mol. The fourth-order valence-corrected chi connectivity index (χ4v) is 5.62. The van der Waals surface area contributed by atoms with Gasteiger partial charge in [-0.05, 0) is 25.0 Å². The fourth-order valence-electron chi connectivity index (χ4n) is 4.92. The third kappa shape index (κ3) is 14.8. The van der Waals surface area contributed by atoms with Crippen molar-refractivity contribution in [3.8, 4) is 0 Å². The summed E-state index contributed by atoms with van der Waals surface area (Å²) in [5.41, 5.74) is 0.145. The molecule has 1 atom stereocenters. The lowest BCUT2D eigenvalue weighted by molar-refractivity contribution is 0.0898. The molecule has 0 fully saturated rings. The maximum Gasteiger partial charge on any atom is 0.295 e. The van der Waals surface area contributed by atoms with Crippen molar-refractivity contribution in [2.75, 3.05) is 0 Å². The Bertz CT molecular complexity index is 772. The van der Waals surface area contributed by atoms with Crippen molar-refractivity contribution in [1.29, 1.82) is 0 Å². The van der Waals surface area contributed by atoms with Gasteiger partial charge in [0.1, 0.15) is 4.90 Å². The van der Waals surface area contributed by atoms with Gasteiger partial charge in [-0.1, -0.05) is 142 Å². The van der Waals surface area contributed by atoms with E-state index in [2.05, 4.69) is 13.8 Å². The van der Waals surface area contributed by atoms with Crippen molar-refractivity contribution in [3.63, 3.8) is 0 Å². The molecule has 4 nitrogen and oxygen atoms in total. The number of carbonyl (C=O) groups is 1. The van der Waals surface area contributed by atoms with Crippen molar-refractivity contribution in [2.45, 2.75) is 147 Å². The second-order valence-corrected chi connectivity index (χ2v) is 11.7. The zero-order valence-corrected chi connectivity index (χ0v) is 23.4.